The van der Waals surface area contributed by atoms with E-state index in [0.29, 0.717) is 24.6 Å². The summed E-state index contributed by atoms with van der Waals surface area (Å²) < 4.78 is 8.16. The van der Waals surface area contributed by atoms with Crippen LogP contribution in [0.15, 0.2) is 17.0 Å². The highest BCUT2D eigenvalue weighted by atomic mass is 79.9. The molecule has 0 spiro atoms. The molecular formula is C15H20BrN5O2. The number of amides is 1. The van der Waals surface area contributed by atoms with Crippen LogP contribution in [0.4, 0.5) is 10.6 Å². The molecule has 124 valence electrons. The molecule has 7 nitrogen and oxygen atoms in total. The molecule has 0 aliphatic carbocycles. The van der Waals surface area contributed by atoms with Crippen molar-refractivity contribution in [2.75, 3.05) is 18.8 Å². The highest BCUT2D eigenvalue weighted by Crippen LogP contribution is 2.33. The topological polar surface area (TPSA) is 85.8 Å². The van der Waals surface area contributed by atoms with Gasteiger partial charge >= 0.3 is 6.09 Å². The highest BCUT2D eigenvalue weighted by molar-refractivity contribution is 9.10. The Hall–Kier alpha value is -1.83. The molecule has 0 aromatic carbocycles. The third kappa shape index (κ3) is 3.12. The number of hydrogen-bond donors (Lipinski definition) is 1. The van der Waals surface area contributed by atoms with Crippen molar-refractivity contribution < 1.29 is 9.53 Å². The van der Waals surface area contributed by atoms with Crippen LogP contribution in [0.25, 0.3) is 5.65 Å². The van der Waals surface area contributed by atoms with Crippen molar-refractivity contribution in [1.29, 1.82) is 0 Å². The third-order valence-corrected chi connectivity index (χ3v) is 4.55. The fourth-order valence-electron chi connectivity index (χ4n) is 2.72. The van der Waals surface area contributed by atoms with Crippen molar-refractivity contribution >= 4 is 33.5 Å². The van der Waals surface area contributed by atoms with Gasteiger partial charge in [0.2, 0.25) is 0 Å². The molecule has 23 heavy (non-hydrogen) atoms. The molecule has 1 amide bonds. The number of carbonyl (C=O) groups is 1. The third-order valence-electron chi connectivity index (χ3n) is 3.76. The molecule has 1 aliphatic heterocycles. The van der Waals surface area contributed by atoms with E-state index in [0.717, 1.165) is 16.7 Å². The maximum Gasteiger partial charge on any atom is 0.410 e. The van der Waals surface area contributed by atoms with Crippen molar-refractivity contribution in [3.63, 3.8) is 0 Å². The number of aromatic nitrogens is 3. The minimum Gasteiger partial charge on any atom is -0.444 e. The van der Waals surface area contributed by atoms with Gasteiger partial charge in [0.25, 0.3) is 0 Å². The van der Waals surface area contributed by atoms with Crippen LogP contribution >= 0.6 is 15.9 Å². The largest absolute Gasteiger partial charge is 0.444 e. The maximum absolute atomic E-state index is 12.2. The number of likely N-dealkylation sites (tertiary alicyclic amines) is 1. The van der Waals surface area contributed by atoms with Crippen molar-refractivity contribution in [3.05, 3.63) is 22.7 Å². The first-order valence-electron chi connectivity index (χ1n) is 7.52. The normalized spacial score (nSPS) is 18.6. The number of fused-ring (bicyclic) bond motifs is 1. The lowest BCUT2D eigenvalue weighted by Gasteiger charge is -2.24. The number of carbonyl (C=O) groups excluding carboxylic acids is 1. The fourth-order valence-corrected chi connectivity index (χ4v) is 3.42. The number of nitrogens with two attached hydrogens (primary N) is 1. The van der Waals surface area contributed by atoms with Gasteiger partial charge in [-0.15, -0.1) is 0 Å². The smallest absolute Gasteiger partial charge is 0.410 e. The van der Waals surface area contributed by atoms with E-state index < -0.39 is 5.60 Å². The summed E-state index contributed by atoms with van der Waals surface area (Å²) in [5.74, 6) is 0.539. The van der Waals surface area contributed by atoms with Gasteiger partial charge in [-0.2, -0.15) is 0 Å². The lowest BCUT2D eigenvalue weighted by atomic mass is 10.1. The Balaban J connectivity index is 1.81. The SMILES string of the molecule is CC(C)(C)OC(=O)N1CCC(c2nc3c(N)nccn3c2Br)C1. The Morgan fingerprint density at radius 1 is 1.48 bits per heavy atom. The first kappa shape index (κ1) is 16.0. The molecule has 8 heteroatoms. The Morgan fingerprint density at radius 2 is 2.22 bits per heavy atom. The van der Waals surface area contributed by atoms with E-state index >= 15 is 0 Å². The zero-order chi connectivity index (χ0) is 16.8. The number of nitrogen functional groups attached to an aromatic ring is 1. The molecule has 3 heterocycles. The predicted molar refractivity (Wildman–Crippen MR) is 90.3 cm³/mol. The average Bonchev–Trinajstić information content (AvgIpc) is 3.03. The molecule has 2 aromatic heterocycles. The van der Waals surface area contributed by atoms with Crippen LogP contribution in [-0.4, -0.2) is 44.1 Å². The summed E-state index contributed by atoms with van der Waals surface area (Å²) in [4.78, 5) is 22.6. The predicted octanol–water partition coefficient (Wildman–Crippen LogP) is 2.80. The molecule has 1 aliphatic rings. The van der Waals surface area contributed by atoms with Gasteiger partial charge in [0.05, 0.1) is 5.69 Å². The van der Waals surface area contributed by atoms with Gasteiger partial charge in [0, 0.05) is 31.4 Å². The van der Waals surface area contributed by atoms with E-state index in [2.05, 4.69) is 25.9 Å². The number of halogens is 1. The van der Waals surface area contributed by atoms with Gasteiger partial charge in [-0.05, 0) is 43.1 Å². The maximum atomic E-state index is 12.2. The summed E-state index contributed by atoms with van der Waals surface area (Å²) in [5, 5.41) is 0. The summed E-state index contributed by atoms with van der Waals surface area (Å²) in [5.41, 5.74) is 6.92. The molecule has 1 atom stereocenters. The van der Waals surface area contributed by atoms with Crippen LogP contribution < -0.4 is 5.73 Å². The molecule has 3 rings (SSSR count). The van der Waals surface area contributed by atoms with Gasteiger partial charge in [-0.25, -0.2) is 14.8 Å². The minimum absolute atomic E-state index is 0.149. The van der Waals surface area contributed by atoms with Crippen molar-refractivity contribution in [3.8, 4) is 0 Å². The van der Waals surface area contributed by atoms with Gasteiger partial charge in [-0.3, -0.25) is 4.40 Å². The Labute approximate surface area is 143 Å². The zero-order valence-corrected chi connectivity index (χ0v) is 15.0. The van der Waals surface area contributed by atoms with Crippen LogP contribution in [0.5, 0.6) is 0 Å². The van der Waals surface area contributed by atoms with E-state index in [4.69, 9.17) is 10.5 Å². The number of nitrogens with zero attached hydrogens (tertiary/aromatic N) is 4. The summed E-state index contributed by atoms with van der Waals surface area (Å²) in [6.07, 6.45) is 4.02. The summed E-state index contributed by atoms with van der Waals surface area (Å²) in [6.45, 7) is 6.85. The highest BCUT2D eigenvalue weighted by Gasteiger charge is 2.33. The molecule has 0 radical (unpaired) electrons. The standard InChI is InChI=1S/C15H20BrN5O2/c1-15(2,3)23-14(22)20-6-4-9(8-20)10-11(16)21-7-5-18-12(17)13(21)19-10/h5,7,9H,4,6,8H2,1-3H3,(H2,17,18). The molecule has 2 N–H and O–H groups in total. The fraction of sp³-hybridized carbons (Fsp3) is 0.533. The van der Waals surface area contributed by atoms with Crippen LogP contribution in [0, 0.1) is 0 Å². The lowest BCUT2D eigenvalue weighted by Crippen LogP contribution is -2.35. The van der Waals surface area contributed by atoms with Crippen LogP contribution in [0.1, 0.15) is 38.8 Å². The van der Waals surface area contributed by atoms with Gasteiger partial charge < -0.3 is 15.4 Å². The van der Waals surface area contributed by atoms with Gasteiger partial charge in [0.1, 0.15) is 10.2 Å². The first-order chi connectivity index (χ1) is 10.8. The monoisotopic (exact) mass is 381 g/mol. The van der Waals surface area contributed by atoms with E-state index in [9.17, 15) is 4.79 Å². The van der Waals surface area contributed by atoms with Gasteiger partial charge in [-0.1, -0.05) is 0 Å². The Morgan fingerprint density at radius 3 is 2.87 bits per heavy atom. The quantitative estimate of drug-likeness (QED) is 0.820. The number of anilines is 1. The van der Waals surface area contributed by atoms with Crippen molar-refractivity contribution in [2.24, 2.45) is 0 Å². The molecule has 1 saturated heterocycles. The van der Waals surface area contributed by atoms with Crippen LogP contribution in [0.2, 0.25) is 0 Å². The molecule has 1 unspecified atom stereocenters. The summed E-state index contributed by atoms with van der Waals surface area (Å²) >= 11 is 3.58. The second kappa shape index (κ2) is 5.67. The minimum atomic E-state index is -0.487. The lowest BCUT2D eigenvalue weighted by molar-refractivity contribution is 0.0292. The van der Waals surface area contributed by atoms with E-state index in [1.54, 1.807) is 11.1 Å². The van der Waals surface area contributed by atoms with Crippen molar-refractivity contribution in [1.82, 2.24) is 19.3 Å². The first-order valence-corrected chi connectivity index (χ1v) is 8.31. The van der Waals surface area contributed by atoms with E-state index in [1.807, 2.05) is 31.4 Å². The Kier molecular flexibility index (Phi) is 3.95. The Bertz CT molecular complexity index is 752. The van der Waals surface area contributed by atoms with Crippen molar-refractivity contribution in [2.45, 2.75) is 38.7 Å². The van der Waals surface area contributed by atoms with E-state index in [-0.39, 0.29) is 12.0 Å². The number of rotatable bonds is 1. The number of imidazole rings is 1. The van der Waals surface area contributed by atoms with E-state index in [1.165, 1.54) is 0 Å². The zero-order valence-electron chi connectivity index (χ0n) is 13.4. The van der Waals surface area contributed by atoms with Gasteiger partial charge in [0.15, 0.2) is 11.5 Å². The summed E-state index contributed by atoms with van der Waals surface area (Å²) in [6, 6.07) is 0. The van der Waals surface area contributed by atoms with Crippen LogP contribution in [-0.2, 0) is 4.74 Å². The molecule has 0 bridgehead atoms. The number of ether oxygens (including phenoxy) is 1. The second-order valence-electron chi connectivity index (χ2n) is 6.71. The second-order valence-corrected chi connectivity index (χ2v) is 7.46. The number of hydrogen-bond acceptors (Lipinski definition) is 5. The molecule has 2 aromatic rings. The molecule has 1 fully saturated rings. The molecular weight excluding hydrogens is 362 g/mol. The average molecular weight is 382 g/mol. The molecule has 0 saturated carbocycles. The summed E-state index contributed by atoms with van der Waals surface area (Å²) in [7, 11) is 0. The van der Waals surface area contributed by atoms with Crippen LogP contribution in [0.3, 0.4) is 0 Å².